The fourth-order valence-electron chi connectivity index (χ4n) is 1.21. The van der Waals surface area contributed by atoms with Gasteiger partial charge in [0.1, 0.15) is 0 Å². The summed E-state index contributed by atoms with van der Waals surface area (Å²) in [5.41, 5.74) is -0.311. The molecule has 0 saturated carbocycles. The predicted octanol–water partition coefficient (Wildman–Crippen LogP) is -0.887. The standard InChI is InChI=1S/C11H26O7Si/c1-10(2)19(14,15)18-8-7-17-11(3-4-12)9-16-6-5-13/h10-15H,3-9H2,1-2H3. The molecule has 8 heteroatoms. The molecular formula is C11H26O7Si. The first-order valence-corrected chi connectivity index (χ1v) is 8.31. The van der Waals surface area contributed by atoms with Crippen molar-refractivity contribution in [2.45, 2.75) is 31.9 Å². The smallest absolute Gasteiger partial charge is 0.396 e. The highest BCUT2D eigenvalue weighted by Crippen LogP contribution is 2.15. The predicted molar refractivity (Wildman–Crippen MR) is 70.6 cm³/mol. The molecule has 0 amide bonds. The molecule has 0 heterocycles. The van der Waals surface area contributed by atoms with Crippen LogP contribution in [0.4, 0.5) is 0 Å². The van der Waals surface area contributed by atoms with Crippen LogP contribution in [0.15, 0.2) is 0 Å². The second-order valence-corrected chi connectivity index (χ2v) is 7.23. The molecule has 4 N–H and O–H groups in total. The van der Waals surface area contributed by atoms with Crippen LogP contribution >= 0.6 is 0 Å². The van der Waals surface area contributed by atoms with E-state index in [0.717, 1.165) is 0 Å². The van der Waals surface area contributed by atoms with Crippen LogP contribution in [0, 0.1) is 0 Å². The zero-order valence-electron chi connectivity index (χ0n) is 11.6. The molecule has 0 aliphatic carbocycles. The quantitative estimate of drug-likeness (QED) is 0.273. The van der Waals surface area contributed by atoms with Gasteiger partial charge in [-0.15, -0.1) is 0 Å². The molecular weight excluding hydrogens is 272 g/mol. The summed E-state index contributed by atoms with van der Waals surface area (Å²) >= 11 is 0. The third-order valence-electron chi connectivity index (χ3n) is 2.49. The van der Waals surface area contributed by atoms with Crippen LogP contribution in [0.25, 0.3) is 0 Å². The minimum Gasteiger partial charge on any atom is -0.396 e. The maximum absolute atomic E-state index is 9.56. The van der Waals surface area contributed by atoms with E-state index in [0.29, 0.717) is 6.42 Å². The van der Waals surface area contributed by atoms with Gasteiger partial charge in [0, 0.05) is 12.1 Å². The highest BCUT2D eigenvalue weighted by atomic mass is 28.4. The lowest BCUT2D eigenvalue weighted by atomic mass is 10.3. The Morgan fingerprint density at radius 2 is 1.68 bits per heavy atom. The summed E-state index contributed by atoms with van der Waals surface area (Å²) in [6.07, 6.45) is 0.115. The largest absolute Gasteiger partial charge is 0.498 e. The Hall–Kier alpha value is -0.0631. The summed E-state index contributed by atoms with van der Waals surface area (Å²) in [6.45, 7) is 4.04. The van der Waals surface area contributed by atoms with Crippen LogP contribution in [0.3, 0.4) is 0 Å². The number of aliphatic hydroxyl groups is 2. The van der Waals surface area contributed by atoms with E-state index in [1.165, 1.54) is 0 Å². The zero-order valence-corrected chi connectivity index (χ0v) is 12.6. The first kappa shape index (κ1) is 18.9. The average Bonchev–Trinajstić information content (AvgIpc) is 2.34. The van der Waals surface area contributed by atoms with Crippen molar-refractivity contribution in [2.75, 3.05) is 39.6 Å². The van der Waals surface area contributed by atoms with Gasteiger partial charge in [0.25, 0.3) is 0 Å². The fourth-order valence-corrected chi connectivity index (χ4v) is 1.93. The van der Waals surface area contributed by atoms with Crippen molar-refractivity contribution in [1.82, 2.24) is 0 Å². The van der Waals surface area contributed by atoms with E-state index >= 15 is 0 Å². The Kier molecular flexibility index (Phi) is 10.7. The van der Waals surface area contributed by atoms with Gasteiger partial charge in [0.2, 0.25) is 0 Å². The monoisotopic (exact) mass is 298 g/mol. The minimum atomic E-state index is -3.60. The Bertz CT molecular complexity index is 213. The Morgan fingerprint density at radius 1 is 1.00 bits per heavy atom. The van der Waals surface area contributed by atoms with Crippen molar-refractivity contribution in [1.29, 1.82) is 0 Å². The van der Waals surface area contributed by atoms with E-state index in [-0.39, 0.29) is 51.3 Å². The maximum atomic E-state index is 9.56. The molecule has 0 aliphatic rings. The summed E-state index contributed by atoms with van der Waals surface area (Å²) in [5, 5.41) is 17.4. The fraction of sp³-hybridized carbons (Fsp3) is 1.00. The number of rotatable bonds is 12. The normalized spacial score (nSPS) is 14.1. The summed E-state index contributed by atoms with van der Waals surface area (Å²) in [6, 6.07) is 0. The van der Waals surface area contributed by atoms with Crippen LogP contribution in [0.1, 0.15) is 20.3 Å². The molecule has 1 unspecified atom stereocenters. The highest BCUT2D eigenvalue weighted by Gasteiger charge is 2.36. The van der Waals surface area contributed by atoms with Crippen LogP contribution in [-0.4, -0.2) is 74.4 Å². The van der Waals surface area contributed by atoms with Gasteiger partial charge in [-0.1, -0.05) is 13.8 Å². The van der Waals surface area contributed by atoms with Crippen molar-refractivity contribution < 1.29 is 33.7 Å². The van der Waals surface area contributed by atoms with Crippen LogP contribution in [0.2, 0.25) is 5.54 Å². The van der Waals surface area contributed by atoms with Crippen molar-refractivity contribution in [2.24, 2.45) is 0 Å². The molecule has 0 saturated heterocycles. The maximum Gasteiger partial charge on any atom is 0.498 e. The molecule has 0 aliphatic heterocycles. The van der Waals surface area contributed by atoms with Gasteiger partial charge < -0.3 is 33.7 Å². The third-order valence-corrected chi connectivity index (χ3v) is 4.63. The minimum absolute atomic E-state index is 0.0291. The molecule has 0 fully saturated rings. The lowest BCUT2D eigenvalue weighted by molar-refractivity contribution is -0.0449. The van der Waals surface area contributed by atoms with Gasteiger partial charge in [-0.25, -0.2) is 0 Å². The van der Waals surface area contributed by atoms with E-state index in [4.69, 9.17) is 24.1 Å². The van der Waals surface area contributed by atoms with Crippen molar-refractivity contribution >= 4 is 8.80 Å². The van der Waals surface area contributed by atoms with Crippen molar-refractivity contribution in [3.05, 3.63) is 0 Å². The van der Waals surface area contributed by atoms with Crippen LogP contribution in [-0.2, 0) is 13.9 Å². The third kappa shape index (κ3) is 9.47. The van der Waals surface area contributed by atoms with Crippen LogP contribution < -0.4 is 0 Å². The van der Waals surface area contributed by atoms with Crippen molar-refractivity contribution in [3.63, 3.8) is 0 Å². The van der Waals surface area contributed by atoms with E-state index in [1.54, 1.807) is 13.8 Å². The molecule has 7 nitrogen and oxygen atoms in total. The SMILES string of the molecule is CC(C)[Si](O)(O)OCCOC(CCO)COCCO. The lowest BCUT2D eigenvalue weighted by Crippen LogP contribution is -2.43. The summed E-state index contributed by atoms with van der Waals surface area (Å²) in [7, 11) is -3.60. The van der Waals surface area contributed by atoms with Gasteiger partial charge in [-0.05, 0) is 6.42 Å². The molecule has 0 aromatic heterocycles. The topological polar surface area (TPSA) is 109 Å². The second kappa shape index (κ2) is 10.7. The van der Waals surface area contributed by atoms with Gasteiger partial charge >= 0.3 is 8.80 Å². The summed E-state index contributed by atoms with van der Waals surface area (Å²) in [4.78, 5) is 19.1. The number of aliphatic hydroxyl groups excluding tert-OH is 2. The molecule has 1 atom stereocenters. The lowest BCUT2D eigenvalue weighted by Gasteiger charge is -2.22. The van der Waals surface area contributed by atoms with Gasteiger partial charge in [-0.3, -0.25) is 0 Å². The molecule has 116 valence electrons. The number of hydrogen-bond acceptors (Lipinski definition) is 7. The Labute approximate surface area is 115 Å². The zero-order chi connectivity index (χ0) is 14.7. The van der Waals surface area contributed by atoms with E-state index in [1.807, 2.05) is 0 Å². The first-order chi connectivity index (χ1) is 8.94. The molecule has 19 heavy (non-hydrogen) atoms. The van der Waals surface area contributed by atoms with Gasteiger partial charge in [0.15, 0.2) is 0 Å². The molecule has 0 rings (SSSR count). The average molecular weight is 298 g/mol. The summed E-state index contributed by atoms with van der Waals surface area (Å²) < 4.78 is 15.6. The molecule has 0 bridgehead atoms. The number of hydrogen-bond donors (Lipinski definition) is 4. The summed E-state index contributed by atoms with van der Waals surface area (Å²) in [5.74, 6) is 0. The first-order valence-electron chi connectivity index (χ1n) is 6.43. The molecule has 0 spiro atoms. The van der Waals surface area contributed by atoms with E-state index < -0.39 is 8.80 Å². The van der Waals surface area contributed by atoms with Crippen molar-refractivity contribution in [3.8, 4) is 0 Å². The van der Waals surface area contributed by atoms with Gasteiger partial charge in [0.05, 0.1) is 39.1 Å². The molecule has 0 radical (unpaired) electrons. The molecule has 0 aromatic rings. The highest BCUT2D eigenvalue weighted by molar-refractivity contribution is 6.59. The van der Waals surface area contributed by atoms with E-state index in [2.05, 4.69) is 0 Å². The van der Waals surface area contributed by atoms with E-state index in [9.17, 15) is 9.59 Å². The van der Waals surface area contributed by atoms with Crippen LogP contribution in [0.5, 0.6) is 0 Å². The second-order valence-electron chi connectivity index (χ2n) is 4.47. The Morgan fingerprint density at radius 3 is 2.21 bits per heavy atom. The molecule has 0 aromatic carbocycles. The van der Waals surface area contributed by atoms with Gasteiger partial charge in [-0.2, -0.15) is 0 Å². The number of ether oxygens (including phenoxy) is 2. The Balaban J connectivity index is 3.80.